The van der Waals surface area contributed by atoms with Crippen LogP contribution in [0.2, 0.25) is 0 Å². The lowest BCUT2D eigenvalue weighted by Gasteiger charge is -2.03. The Morgan fingerprint density at radius 2 is 2.14 bits per heavy atom. The smallest absolute Gasteiger partial charge is 0.332 e. The first-order valence-electron chi connectivity index (χ1n) is 6.95. The molecule has 0 saturated heterocycles. The van der Waals surface area contributed by atoms with Crippen LogP contribution in [0.25, 0.3) is 6.08 Å². The summed E-state index contributed by atoms with van der Waals surface area (Å²) in [7, 11) is 0. The number of ether oxygens (including phenoxy) is 1. The van der Waals surface area contributed by atoms with Crippen LogP contribution in [0.1, 0.15) is 18.1 Å². The Morgan fingerprint density at radius 1 is 1.36 bits per heavy atom. The zero-order valence-corrected chi connectivity index (χ0v) is 12.5. The Hall–Kier alpha value is -2.82. The molecule has 114 valence electrons. The van der Waals surface area contributed by atoms with E-state index in [1.807, 2.05) is 29.0 Å². The van der Waals surface area contributed by atoms with Crippen molar-refractivity contribution in [1.82, 2.24) is 9.55 Å². The second-order valence-corrected chi connectivity index (χ2v) is 4.90. The fraction of sp³-hybridized carbons (Fsp3) is 0.176. The van der Waals surface area contributed by atoms with Gasteiger partial charge in [-0.25, -0.2) is 9.78 Å². The molecule has 0 bridgehead atoms. The third-order valence-electron chi connectivity index (χ3n) is 2.88. The normalized spacial score (nSPS) is 11.8. The number of carbonyl (C=O) groups excluding carboxylic acids is 1. The third-order valence-corrected chi connectivity index (χ3v) is 2.88. The van der Waals surface area contributed by atoms with E-state index in [2.05, 4.69) is 17.1 Å². The summed E-state index contributed by atoms with van der Waals surface area (Å²) < 4.78 is 6.99. The maximum atomic E-state index is 11.2. The average Bonchev–Trinajstić information content (AvgIpc) is 2.97. The van der Waals surface area contributed by atoms with Gasteiger partial charge in [-0.2, -0.15) is 0 Å². The van der Waals surface area contributed by atoms with Gasteiger partial charge in [-0.15, -0.1) is 0 Å². The summed E-state index contributed by atoms with van der Waals surface area (Å²) in [4.78, 5) is 15.3. The number of esters is 1. The number of nitrogens with zero attached hydrogens (tertiary/aromatic N) is 2. The molecule has 0 amide bonds. The highest BCUT2D eigenvalue weighted by molar-refractivity contribution is 5.82. The van der Waals surface area contributed by atoms with Crippen molar-refractivity contribution in [2.45, 2.75) is 13.5 Å². The molecule has 0 radical (unpaired) electrons. The van der Waals surface area contributed by atoms with E-state index in [4.69, 9.17) is 10.5 Å². The van der Waals surface area contributed by atoms with Crippen molar-refractivity contribution < 1.29 is 9.53 Å². The Bertz CT molecular complexity index is 652. The molecule has 1 heterocycles. The molecule has 2 rings (SSSR count). The molecule has 0 aliphatic heterocycles. The summed E-state index contributed by atoms with van der Waals surface area (Å²) in [5, 5.41) is 0. The molecule has 0 fully saturated rings. The number of nitrogens with two attached hydrogens (primary N) is 1. The molecule has 0 unspecified atom stereocenters. The van der Waals surface area contributed by atoms with Crippen molar-refractivity contribution in [3.05, 3.63) is 72.0 Å². The lowest BCUT2D eigenvalue weighted by atomic mass is 10.1. The van der Waals surface area contributed by atoms with Crippen molar-refractivity contribution in [3.8, 4) is 0 Å². The lowest BCUT2D eigenvalue weighted by molar-refractivity contribution is -0.136. The number of imidazole rings is 1. The molecule has 0 atom stereocenters. The molecular formula is C17H19N3O2. The predicted molar refractivity (Wildman–Crippen MR) is 85.7 cm³/mol. The molecule has 1 aromatic heterocycles. The second-order valence-electron chi connectivity index (χ2n) is 4.90. The molecule has 1 aromatic carbocycles. The molecule has 2 N–H and O–H groups in total. The van der Waals surface area contributed by atoms with Crippen LogP contribution in [0.5, 0.6) is 0 Å². The van der Waals surface area contributed by atoms with Crippen LogP contribution in [0.15, 0.2) is 60.8 Å². The first-order chi connectivity index (χ1) is 10.6. The monoisotopic (exact) mass is 297 g/mol. The quantitative estimate of drug-likeness (QED) is 0.656. The maximum absolute atomic E-state index is 11.2. The highest BCUT2D eigenvalue weighted by Gasteiger charge is 1.96. The number of benzene rings is 1. The standard InChI is InChI=1S/C17H19N3O2/c1-14(18)11-17(21)22-10-2-3-15-4-6-16(7-5-15)12-20-9-8-19-13-20/h2-9,11,13H,10,12,18H2,1H3/b3-2+,14-11+. The number of hydrogen-bond acceptors (Lipinski definition) is 4. The van der Waals surface area contributed by atoms with Gasteiger partial charge < -0.3 is 15.0 Å². The number of allylic oxidation sites excluding steroid dienone is 1. The van der Waals surface area contributed by atoms with Crippen LogP contribution in [-0.4, -0.2) is 22.1 Å². The van der Waals surface area contributed by atoms with Crippen LogP contribution in [0.4, 0.5) is 0 Å². The second kappa shape index (κ2) is 7.83. The highest BCUT2D eigenvalue weighted by Crippen LogP contribution is 2.08. The molecule has 0 aliphatic carbocycles. The fourth-order valence-electron chi connectivity index (χ4n) is 1.87. The maximum Gasteiger partial charge on any atom is 0.332 e. The van der Waals surface area contributed by atoms with Gasteiger partial charge in [0.1, 0.15) is 6.61 Å². The molecule has 22 heavy (non-hydrogen) atoms. The van der Waals surface area contributed by atoms with E-state index in [-0.39, 0.29) is 6.61 Å². The van der Waals surface area contributed by atoms with Gasteiger partial charge in [0, 0.05) is 30.7 Å². The third kappa shape index (κ3) is 5.28. The molecule has 0 saturated carbocycles. The van der Waals surface area contributed by atoms with Crippen LogP contribution in [0, 0.1) is 0 Å². The fourth-order valence-corrected chi connectivity index (χ4v) is 1.87. The minimum atomic E-state index is -0.430. The minimum absolute atomic E-state index is 0.222. The molecule has 5 heteroatoms. The number of rotatable bonds is 6. The van der Waals surface area contributed by atoms with Gasteiger partial charge >= 0.3 is 5.97 Å². The van der Waals surface area contributed by atoms with Crippen molar-refractivity contribution in [3.63, 3.8) is 0 Å². The Morgan fingerprint density at radius 3 is 2.77 bits per heavy atom. The van der Waals surface area contributed by atoms with E-state index in [0.717, 1.165) is 12.1 Å². The van der Waals surface area contributed by atoms with Crippen molar-refractivity contribution in [1.29, 1.82) is 0 Å². The van der Waals surface area contributed by atoms with E-state index in [1.54, 1.807) is 25.5 Å². The van der Waals surface area contributed by atoms with Gasteiger partial charge in [-0.1, -0.05) is 30.3 Å². The summed E-state index contributed by atoms with van der Waals surface area (Å²) in [6, 6.07) is 8.17. The van der Waals surface area contributed by atoms with Gasteiger partial charge in [0.25, 0.3) is 0 Å². The summed E-state index contributed by atoms with van der Waals surface area (Å²) >= 11 is 0. The predicted octanol–water partition coefficient (Wildman–Crippen LogP) is 2.35. The lowest BCUT2D eigenvalue weighted by Crippen LogP contribution is -2.03. The van der Waals surface area contributed by atoms with Crippen LogP contribution in [-0.2, 0) is 16.1 Å². The topological polar surface area (TPSA) is 70.1 Å². The van der Waals surface area contributed by atoms with Gasteiger partial charge in [-0.05, 0) is 24.1 Å². The van der Waals surface area contributed by atoms with Gasteiger partial charge in [-0.3, -0.25) is 0 Å². The Balaban J connectivity index is 1.82. The zero-order valence-electron chi connectivity index (χ0n) is 12.5. The van der Waals surface area contributed by atoms with Crippen molar-refractivity contribution >= 4 is 12.0 Å². The minimum Gasteiger partial charge on any atom is -0.458 e. The van der Waals surface area contributed by atoms with Gasteiger partial charge in [0.2, 0.25) is 0 Å². The molecule has 0 aliphatic rings. The number of hydrogen-bond donors (Lipinski definition) is 1. The largest absolute Gasteiger partial charge is 0.458 e. The Kier molecular flexibility index (Phi) is 5.54. The summed E-state index contributed by atoms with van der Waals surface area (Å²) in [6.07, 6.45) is 10.5. The van der Waals surface area contributed by atoms with E-state index in [0.29, 0.717) is 5.70 Å². The molecular weight excluding hydrogens is 278 g/mol. The van der Waals surface area contributed by atoms with E-state index < -0.39 is 5.97 Å². The summed E-state index contributed by atoms with van der Waals surface area (Å²) in [6.45, 7) is 2.66. The van der Waals surface area contributed by atoms with Crippen molar-refractivity contribution in [2.24, 2.45) is 5.73 Å². The summed E-state index contributed by atoms with van der Waals surface area (Å²) in [5.74, 6) is -0.430. The van der Waals surface area contributed by atoms with E-state index >= 15 is 0 Å². The first-order valence-corrected chi connectivity index (χ1v) is 6.95. The number of carbonyl (C=O) groups is 1. The van der Waals surface area contributed by atoms with Crippen LogP contribution in [0.3, 0.4) is 0 Å². The average molecular weight is 297 g/mol. The molecule has 2 aromatic rings. The Labute approximate surface area is 129 Å². The van der Waals surface area contributed by atoms with E-state index in [9.17, 15) is 4.79 Å². The zero-order chi connectivity index (χ0) is 15.8. The molecule has 5 nitrogen and oxygen atoms in total. The SMILES string of the molecule is C/C(N)=C\C(=O)OC/C=C/c1ccc(Cn2ccnc2)cc1. The summed E-state index contributed by atoms with van der Waals surface area (Å²) in [5.41, 5.74) is 8.07. The van der Waals surface area contributed by atoms with E-state index in [1.165, 1.54) is 11.6 Å². The van der Waals surface area contributed by atoms with Gasteiger partial charge in [0.05, 0.1) is 6.33 Å². The van der Waals surface area contributed by atoms with Crippen LogP contribution < -0.4 is 5.73 Å². The number of aromatic nitrogens is 2. The van der Waals surface area contributed by atoms with Crippen molar-refractivity contribution in [2.75, 3.05) is 6.61 Å². The first kappa shape index (κ1) is 15.6. The van der Waals surface area contributed by atoms with Gasteiger partial charge in [0.15, 0.2) is 0 Å². The van der Waals surface area contributed by atoms with Crippen LogP contribution >= 0.6 is 0 Å². The molecule has 0 spiro atoms. The highest BCUT2D eigenvalue weighted by atomic mass is 16.5.